The molecule has 2 aromatic rings. The first kappa shape index (κ1) is 15.3. The first-order valence-electron chi connectivity index (χ1n) is 6.53. The molecular weight excluding hydrogens is 332 g/mol. The number of hydrogen-bond acceptors (Lipinski definition) is 3. The van der Waals surface area contributed by atoms with E-state index in [1.807, 2.05) is 38.2 Å². The van der Waals surface area contributed by atoms with Crippen LogP contribution in [0.5, 0.6) is 0 Å². The molecule has 0 fully saturated rings. The molecule has 0 aliphatic rings. The average molecular weight is 349 g/mol. The number of nitrogens with zero attached hydrogens (tertiary/aromatic N) is 1. The Labute approximate surface area is 132 Å². The Morgan fingerprint density at radius 1 is 1.43 bits per heavy atom. The number of aromatic nitrogens is 2. The Morgan fingerprint density at radius 3 is 2.86 bits per heavy atom. The minimum atomic E-state index is -0.168. The van der Waals surface area contributed by atoms with Crippen LogP contribution in [-0.2, 0) is 4.79 Å². The molecule has 21 heavy (non-hydrogen) atoms. The molecule has 2 rings (SSSR count). The predicted octanol–water partition coefficient (Wildman–Crippen LogP) is 3.32. The zero-order valence-corrected chi connectivity index (χ0v) is 13.5. The van der Waals surface area contributed by atoms with E-state index in [1.54, 1.807) is 6.08 Å². The first-order chi connectivity index (χ1) is 10.2. The van der Waals surface area contributed by atoms with Gasteiger partial charge in [0.25, 0.3) is 0 Å². The molecule has 5 nitrogen and oxygen atoms in total. The second kappa shape index (κ2) is 7.08. The second-order valence-corrected chi connectivity index (χ2v) is 5.03. The number of carbonyl (C=O) groups excluding carboxylic acids is 1. The van der Waals surface area contributed by atoms with Gasteiger partial charge in [0.2, 0.25) is 5.91 Å². The number of para-hydroxylation sites is 1. The third kappa shape index (κ3) is 3.72. The Morgan fingerprint density at radius 2 is 2.19 bits per heavy atom. The number of H-pyrrole nitrogens is 1. The van der Waals surface area contributed by atoms with Crippen molar-refractivity contribution in [1.82, 2.24) is 9.97 Å². The van der Waals surface area contributed by atoms with Gasteiger partial charge in [-0.15, -0.1) is 0 Å². The molecule has 0 atom stereocenters. The summed E-state index contributed by atoms with van der Waals surface area (Å²) in [6.07, 6.45) is 3.24. The summed E-state index contributed by atoms with van der Waals surface area (Å²) in [5.74, 6) is 1.42. The van der Waals surface area contributed by atoms with Gasteiger partial charge in [0, 0.05) is 24.0 Å². The van der Waals surface area contributed by atoms with Crippen molar-refractivity contribution in [2.45, 2.75) is 6.92 Å². The molecule has 6 heteroatoms. The largest absolute Gasteiger partial charge is 0.373 e. The maximum Gasteiger partial charge on any atom is 0.248 e. The third-order valence-corrected chi connectivity index (χ3v) is 3.31. The molecule has 0 spiro atoms. The van der Waals surface area contributed by atoms with E-state index in [0.29, 0.717) is 5.33 Å². The molecule has 0 saturated carbocycles. The van der Waals surface area contributed by atoms with Crippen LogP contribution in [0.4, 0.5) is 11.5 Å². The summed E-state index contributed by atoms with van der Waals surface area (Å²) in [6, 6.07) is 7.56. The normalized spacial score (nSPS) is 10.8. The Hall–Kier alpha value is -2.08. The van der Waals surface area contributed by atoms with Crippen molar-refractivity contribution in [2.24, 2.45) is 0 Å². The highest BCUT2D eigenvalue weighted by Crippen LogP contribution is 2.27. The lowest BCUT2D eigenvalue weighted by molar-refractivity contribution is -0.111. The quantitative estimate of drug-likeness (QED) is 0.573. The molecule has 3 N–H and O–H groups in total. The van der Waals surface area contributed by atoms with Crippen LogP contribution in [-0.4, -0.2) is 28.3 Å². The van der Waals surface area contributed by atoms with Gasteiger partial charge in [-0.3, -0.25) is 4.79 Å². The highest BCUT2D eigenvalue weighted by atomic mass is 79.9. The lowest BCUT2D eigenvalue weighted by atomic mass is 10.1. The van der Waals surface area contributed by atoms with Gasteiger partial charge in [-0.25, -0.2) is 4.98 Å². The number of hydrogen-bond donors (Lipinski definition) is 3. The van der Waals surface area contributed by atoms with Crippen LogP contribution < -0.4 is 10.6 Å². The lowest BCUT2D eigenvalue weighted by Gasteiger charge is -2.07. The summed E-state index contributed by atoms with van der Waals surface area (Å²) in [7, 11) is 1.84. The molecule has 0 aliphatic heterocycles. The van der Waals surface area contributed by atoms with Crippen LogP contribution >= 0.6 is 15.9 Å². The maximum absolute atomic E-state index is 11.8. The second-order valence-electron chi connectivity index (χ2n) is 4.39. The molecule has 0 bridgehead atoms. The van der Waals surface area contributed by atoms with Gasteiger partial charge in [-0.2, -0.15) is 0 Å². The molecular formula is C15H17BrN4O. The number of imidazole rings is 1. The number of aryl methyl sites for hydroxylation is 1. The molecule has 110 valence electrons. The van der Waals surface area contributed by atoms with E-state index in [4.69, 9.17) is 0 Å². The Bertz CT molecular complexity index is 663. The highest BCUT2D eigenvalue weighted by molar-refractivity contribution is 9.09. The van der Waals surface area contributed by atoms with E-state index in [1.165, 1.54) is 6.08 Å². The molecule has 0 saturated heterocycles. The smallest absolute Gasteiger partial charge is 0.248 e. The third-order valence-electron chi connectivity index (χ3n) is 2.93. The number of aromatic amines is 1. The van der Waals surface area contributed by atoms with Gasteiger partial charge in [0.1, 0.15) is 11.6 Å². The van der Waals surface area contributed by atoms with Crippen molar-refractivity contribution in [3.05, 3.63) is 42.1 Å². The number of amides is 1. The highest BCUT2D eigenvalue weighted by Gasteiger charge is 2.11. The summed E-state index contributed by atoms with van der Waals surface area (Å²) in [5.41, 5.74) is 2.45. The van der Waals surface area contributed by atoms with Crippen molar-refractivity contribution >= 4 is 33.3 Å². The zero-order valence-electron chi connectivity index (χ0n) is 11.9. The summed E-state index contributed by atoms with van der Waals surface area (Å²) < 4.78 is 0. The van der Waals surface area contributed by atoms with E-state index < -0.39 is 0 Å². The number of benzene rings is 1. The fourth-order valence-electron chi connectivity index (χ4n) is 1.96. The van der Waals surface area contributed by atoms with Gasteiger partial charge < -0.3 is 15.6 Å². The van der Waals surface area contributed by atoms with Crippen LogP contribution in [0, 0.1) is 6.92 Å². The number of halogens is 1. The molecule has 0 radical (unpaired) electrons. The van der Waals surface area contributed by atoms with Gasteiger partial charge in [-0.1, -0.05) is 34.1 Å². The average Bonchev–Trinajstić information content (AvgIpc) is 2.86. The topological polar surface area (TPSA) is 69.8 Å². The molecule has 0 unspecified atom stereocenters. The standard InChI is InChI=1S/C15H17BrN4O/c1-10-14(17-2)20-15(18-10)11-6-3-4-7-12(11)19-13(21)8-5-9-16/h3-8,17H,9H2,1-2H3,(H,18,20)(H,19,21)/b8-5+. The van der Waals surface area contributed by atoms with Gasteiger partial charge in [0.15, 0.2) is 0 Å². The maximum atomic E-state index is 11.8. The summed E-state index contributed by atoms with van der Waals surface area (Å²) in [5, 5.41) is 6.56. The summed E-state index contributed by atoms with van der Waals surface area (Å²) in [4.78, 5) is 19.5. The van der Waals surface area contributed by atoms with Crippen LogP contribution in [0.25, 0.3) is 11.4 Å². The molecule has 0 aliphatic carbocycles. The van der Waals surface area contributed by atoms with E-state index in [2.05, 4.69) is 36.5 Å². The molecule has 1 heterocycles. The number of alkyl halides is 1. The molecule has 1 aromatic heterocycles. The van der Waals surface area contributed by atoms with Crippen LogP contribution in [0.15, 0.2) is 36.4 Å². The number of nitrogens with one attached hydrogen (secondary N) is 3. The van der Waals surface area contributed by atoms with Crippen molar-refractivity contribution in [2.75, 3.05) is 23.0 Å². The van der Waals surface area contributed by atoms with Crippen molar-refractivity contribution in [1.29, 1.82) is 0 Å². The monoisotopic (exact) mass is 348 g/mol. The van der Waals surface area contributed by atoms with Crippen molar-refractivity contribution in [3.8, 4) is 11.4 Å². The van der Waals surface area contributed by atoms with E-state index in [0.717, 1.165) is 28.6 Å². The van der Waals surface area contributed by atoms with Crippen LogP contribution in [0.1, 0.15) is 5.69 Å². The van der Waals surface area contributed by atoms with Crippen molar-refractivity contribution < 1.29 is 4.79 Å². The first-order valence-corrected chi connectivity index (χ1v) is 7.65. The summed E-state index contributed by atoms with van der Waals surface area (Å²) in [6.45, 7) is 1.92. The summed E-state index contributed by atoms with van der Waals surface area (Å²) >= 11 is 3.24. The molecule has 1 amide bonds. The fraction of sp³-hybridized carbons (Fsp3) is 0.200. The fourth-order valence-corrected chi connectivity index (χ4v) is 2.14. The number of carbonyl (C=O) groups is 1. The van der Waals surface area contributed by atoms with Gasteiger partial charge >= 0.3 is 0 Å². The minimum Gasteiger partial charge on any atom is -0.373 e. The predicted molar refractivity (Wildman–Crippen MR) is 89.9 cm³/mol. The minimum absolute atomic E-state index is 0.168. The van der Waals surface area contributed by atoms with Crippen LogP contribution in [0.2, 0.25) is 0 Å². The number of rotatable bonds is 5. The Balaban J connectivity index is 2.32. The zero-order chi connectivity index (χ0) is 15.2. The van der Waals surface area contributed by atoms with E-state index in [-0.39, 0.29) is 5.91 Å². The van der Waals surface area contributed by atoms with E-state index >= 15 is 0 Å². The lowest BCUT2D eigenvalue weighted by Crippen LogP contribution is -2.09. The number of allylic oxidation sites excluding steroid dienone is 1. The Kier molecular flexibility index (Phi) is 5.16. The van der Waals surface area contributed by atoms with Crippen LogP contribution in [0.3, 0.4) is 0 Å². The van der Waals surface area contributed by atoms with Crippen molar-refractivity contribution in [3.63, 3.8) is 0 Å². The molecule has 1 aromatic carbocycles. The van der Waals surface area contributed by atoms with E-state index in [9.17, 15) is 4.79 Å². The van der Waals surface area contributed by atoms with Gasteiger partial charge in [-0.05, 0) is 19.1 Å². The van der Waals surface area contributed by atoms with Gasteiger partial charge in [0.05, 0.1) is 11.4 Å². The SMILES string of the molecule is CNc1[nH]c(-c2ccccc2NC(=O)/C=C/CBr)nc1C. The number of anilines is 2.